The van der Waals surface area contributed by atoms with Crippen LogP contribution in [0, 0.1) is 0 Å². The average molecular weight is 208 g/mol. The van der Waals surface area contributed by atoms with Gasteiger partial charge in [-0.3, -0.25) is 0 Å². The van der Waals surface area contributed by atoms with Crippen LogP contribution in [0.15, 0.2) is 0 Å². The Kier molecular flexibility index (Phi) is 12.4. The Balaban J connectivity index is 2.76. The first-order valence-corrected chi connectivity index (χ1v) is 5.78. The van der Waals surface area contributed by atoms with Gasteiger partial charge >= 0.3 is 0 Å². The van der Waals surface area contributed by atoms with Gasteiger partial charge in [-0.05, 0) is 0 Å². The Bertz CT molecular complexity index is 86.2. The lowest BCUT2D eigenvalue weighted by atomic mass is 10.6. The second-order valence-electron chi connectivity index (χ2n) is 2.56. The van der Waals surface area contributed by atoms with Crippen molar-refractivity contribution in [3.05, 3.63) is 0 Å². The van der Waals surface area contributed by atoms with Crippen molar-refractivity contribution in [1.29, 1.82) is 0 Å². The lowest BCUT2D eigenvalue weighted by molar-refractivity contribution is 0.293. The van der Waals surface area contributed by atoms with E-state index in [0.717, 1.165) is 24.6 Å². The van der Waals surface area contributed by atoms with Gasteiger partial charge in [0.2, 0.25) is 0 Å². The van der Waals surface area contributed by atoms with Crippen LogP contribution in [0.5, 0.6) is 0 Å². The molecule has 0 fully saturated rings. The Morgan fingerprint density at radius 3 is 1.62 bits per heavy atom. The second-order valence-corrected chi connectivity index (χ2v) is 3.78. The van der Waals surface area contributed by atoms with Crippen molar-refractivity contribution < 1.29 is 10.2 Å². The van der Waals surface area contributed by atoms with Crippen molar-refractivity contribution in [3.8, 4) is 0 Å². The molecular formula is C8H20N2O2S. The Morgan fingerprint density at radius 1 is 0.769 bits per heavy atom. The van der Waals surface area contributed by atoms with E-state index in [1.54, 1.807) is 0 Å². The van der Waals surface area contributed by atoms with E-state index in [-0.39, 0.29) is 13.2 Å². The Labute approximate surface area is 84.1 Å². The SMILES string of the molecule is OCCNCCSCCNCCO. The van der Waals surface area contributed by atoms with Crippen LogP contribution in [-0.4, -0.2) is 61.1 Å². The second kappa shape index (κ2) is 12.2. The van der Waals surface area contributed by atoms with E-state index >= 15 is 0 Å². The van der Waals surface area contributed by atoms with E-state index < -0.39 is 0 Å². The zero-order chi connectivity index (χ0) is 9.78. The summed E-state index contributed by atoms with van der Waals surface area (Å²) in [6.07, 6.45) is 0. The lowest BCUT2D eigenvalue weighted by Crippen LogP contribution is -2.23. The molecule has 13 heavy (non-hydrogen) atoms. The molecule has 0 aromatic heterocycles. The smallest absolute Gasteiger partial charge is 0.0555 e. The summed E-state index contributed by atoms with van der Waals surface area (Å²) in [6, 6.07) is 0. The molecule has 4 N–H and O–H groups in total. The number of hydrogen-bond donors (Lipinski definition) is 4. The highest BCUT2D eigenvalue weighted by Gasteiger charge is 1.89. The van der Waals surface area contributed by atoms with Crippen LogP contribution in [0.1, 0.15) is 0 Å². The molecule has 0 bridgehead atoms. The first kappa shape index (κ1) is 13.2. The van der Waals surface area contributed by atoms with Crippen LogP contribution in [0.2, 0.25) is 0 Å². The molecule has 0 saturated carbocycles. The van der Waals surface area contributed by atoms with Crippen molar-refractivity contribution in [2.24, 2.45) is 0 Å². The molecule has 0 aromatic carbocycles. The van der Waals surface area contributed by atoms with Crippen LogP contribution in [-0.2, 0) is 0 Å². The van der Waals surface area contributed by atoms with Gasteiger partial charge in [0.1, 0.15) is 0 Å². The van der Waals surface area contributed by atoms with E-state index in [9.17, 15) is 0 Å². The number of thioether (sulfide) groups is 1. The first-order chi connectivity index (χ1) is 6.41. The van der Waals surface area contributed by atoms with Crippen molar-refractivity contribution in [2.75, 3.05) is 50.9 Å². The lowest BCUT2D eigenvalue weighted by Gasteiger charge is -2.03. The molecule has 0 amide bonds. The summed E-state index contributed by atoms with van der Waals surface area (Å²) in [4.78, 5) is 0. The molecule has 0 spiro atoms. The summed E-state index contributed by atoms with van der Waals surface area (Å²) in [5.41, 5.74) is 0. The molecular weight excluding hydrogens is 188 g/mol. The van der Waals surface area contributed by atoms with Gasteiger partial charge in [-0.1, -0.05) is 0 Å². The molecule has 0 aliphatic rings. The van der Waals surface area contributed by atoms with Gasteiger partial charge in [-0.25, -0.2) is 0 Å². The molecule has 80 valence electrons. The summed E-state index contributed by atoms with van der Waals surface area (Å²) in [7, 11) is 0. The summed E-state index contributed by atoms with van der Waals surface area (Å²) in [5.74, 6) is 2.14. The van der Waals surface area contributed by atoms with Gasteiger partial charge in [0.05, 0.1) is 13.2 Å². The minimum absolute atomic E-state index is 0.211. The highest BCUT2D eigenvalue weighted by molar-refractivity contribution is 7.99. The maximum Gasteiger partial charge on any atom is 0.0555 e. The number of hydrogen-bond acceptors (Lipinski definition) is 5. The van der Waals surface area contributed by atoms with Crippen LogP contribution < -0.4 is 10.6 Å². The fourth-order valence-electron chi connectivity index (χ4n) is 0.799. The average Bonchev–Trinajstić information content (AvgIpc) is 2.16. The highest BCUT2D eigenvalue weighted by Crippen LogP contribution is 1.95. The molecule has 0 heterocycles. The van der Waals surface area contributed by atoms with Gasteiger partial charge in [-0.15, -0.1) is 0 Å². The largest absolute Gasteiger partial charge is 0.395 e. The van der Waals surface area contributed by atoms with Gasteiger partial charge in [0.25, 0.3) is 0 Å². The maximum atomic E-state index is 8.46. The molecule has 0 rings (SSSR count). The van der Waals surface area contributed by atoms with Crippen molar-refractivity contribution in [3.63, 3.8) is 0 Å². The van der Waals surface area contributed by atoms with Gasteiger partial charge < -0.3 is 20.8 Å². The third-order valence-corrected chi connectivity index (χ3v) is 2.41. The zero-order valence-electron chi connectivity index (χ0n) is 7.96. The molecule has 0 aliphatic heterocycles. The quantitative estimate of drug-likeness (QED) is 0.343. The molecule has 0 atom stereocenters. The first-order valence-electron chi connectivity index (χ1n) is 4.62. The van der Waals surface area contributed by atoms with E-state index in [2.05, 4.69) is 10.6 Å². The number of rotatable bonds is 10. The van der Waals surface area contributed by atoms with Crippen molar-refractivity contribution in [2.45, 2.75) is 0 Å². The van der Waals surface area contributed by atoms with Gasteiger partial charge in [0.15, 0.2) is 0 Å². The van der Waals surface area contributed by atoms with Crippen LogP contribution >= 0.6 is 11.8 Å². The number of nitrogens with one attached hydrogen (secondary N) is 2. The molecule has 0 radical (unpaired) electrons. The molecule has 0 saturated heterocycles. The highest BCUT2D eigenvalue weighted by atomic mass is 32.2. The van der Waals surface area contributed by atoms with E-state index in [1.807, 2.05) is 11.8 Å². The van der Waals surface area contributed by atoms with Gasteiger partial charge in [-0.2, -0.15) is 11.8 Å². The zero-order valence-corrected chi connectivity index (χ0v) is 8.78. The van der Waals surface area contributed by atoms with Gasteiger partial charge in [0, 0.05) is 37.7 Å². The van der Waals surface area contributed by atoms with Crippen molar-refractivity contribution in [1.82, 2.24) is 10.6 Å². The summed E-state index contributed by atoms with van der Waals surface area (Å²) in [6.45, 7) is 3.69. The topological polar surface area (TPSA) is 64.5 Å². The fourth-order valence-corrected chi connectivity index (χ4v) is 1.58. The molecule has 0 aliphatic carbocycles. The van der Waals surface area contributed by atoms with E-state index in [4.69, 9.17) is 10.2 Å². The van der Waals surface area contributed by atoms with Crippen LogP contribution in [0.3, 0.4) is 0 Å². The molecule has 0 aromatic rings. The normalized spacial score (nSPS) is 10.6. The summed E-state index contributed by atoms with van der Waals surface area (Å²) >= 11 is 1.87. The summed E-state index contributed by atoms with van der Waals surface area (Å²) < 4.78 is 0. The molecule has 5 heteroatoms. The standard InChI is InChI=1S/C8H20N2O2S/c11-5-1-9-3-7-13-8-4-10-2-6-12/h9-12H,1-8H2. The van der Waals surface area contributed by atoms with Crippen molar-refractivity contribution >= 4 is 11.8 Å². The molecule has 0 unspecified atom stereocenters. The van der Waals surface area contributed by atoms with Crippen LogP contribution in [0.4, 0.5) is 0 Å². The van der Waals surface area contributed by atoms with Crippen LogP contribution in [0.25, 0.3) is 0 Å². The molecule has 4 nitrogen and oxygen atoms in total. The minimum atomic E-state index is 0.211. The maximum absolute atomic E-state index is 8.46. The number of aliphatic hydroxyl groups is 2. The number of aliphatic hydroxyl groups excluding tert-OH is 2. The Morgan fingerprint density at radius 2 is 1.23 bits per heavy atom. The predicted octanol–water partition coefficient (Wildman–Crippen LogP) is -1.12. The fraction of sp³-hybridized carbons (Fsp3) is 1.00. The summed E-state index contributed by atoms with van der Waals surface area (Å²) in [5, 5.41) is 23.1. The monoisotopic (exact) mass is 208 g/mol. The predicted molar refractivity (Wildman–Crippen MR) is 57.2 cm³/mol. The third-order valence-electron chi connectivity index (χ3n) is 1.42. The minimum Gasteiger partial charge on any atom is -0.395 e. The van der Waals surface area contributed by atoms with E-state index in [1.165, 1.54) is 0 Å². The third kappa shape index (κ3) is 12.2. The Hall–Kier alpha value is 0.190. The van der Waals surface area contributed by atoms with E-state index in [0.29, 0.717) is 13.1 Å².